The Labute approximate surface area is 125 Å². The molecule has 0 atom stereocenters. The van der Waals surface area contributed by atoms with Gasteiger partial charge in [0.15, 0.2) is 0 Å². The van der Waals surface area contributed by atoms with Gasteiger partial charge in [-0.1, -0.05) is 30.2 Å². The van der Waals surface area contributed by atoms with E-state index in [-0.39, 0.29) is 0 Å². The molecule has 2 heteroatoms. The summed E-state index contributed by atoms with van der Waals surface area (Å²) < 4.78 is 2.38. The number of nitrogens with one attached hydrogen (secondary N) is 1. The summed E-state index contributed by atoms with van der Waals surface area (Å²) in [5.74, 6) is 5.94. The molecule has 2 aromatic carbocycles. The van der Waals surface area contributed by atoms with E-state index >= 15 is 0 Å². The van der Waals surface area contributed by atoms with E-state index in [0.29, 0.717) is 0 Å². The first kappa shape index (κ1) is 13.7. The molecule has 3 aromatic rings. The summed E-state index contributed by atoms with van der Waals surface area (Å²) in [5.41, 5.74) is 3.94. The zero-order valence-corrected chi connectivity index (χ0v) is 12.6. The molecule has 0 amide bonds. The van der Waals surface area contributed by atoms with Crippen molar-refractivity contribution in [2.45, 2.75) is 26.9 Å². The fourth-order valence-electron chi connectivity index (χ4n) is 2.91. The van der Waals surface area contributed by atoms with Crippen LogP contribution in [-0.2, 0) is 13.1 Å². The van der Waals surface area contributed by atoms with Crippen LogP contribution in [-0.4, -0.2) is 11.1 Å². The molecule has 0 aliphatic heterocycles. The molecule has 0 aliphatic carbocycles. The molecule has 0 unspecified atom stereocenters. The number of rotatable bonds is 4. The van der Waals surface area contributed by atoms with Gasteiger partial charge in [-0.05, 0) is 37.6 Å². The highest BCUT2D eigenvalue weighted by atomic mass is 15.0. The number of hydrogen-bond donors (Lipinski definition) is 1. The molecule has 0 radical (unpaired) electrons. The van der Waals surface area contributed by atoms with Crippen molar-refractivity contribution in [2.75, 3.05) is 6.54 Å². The minimum Gasteiger partial charge on any atom is -0.341 e. The van der Waals surface area contributed by atoms with Crippen molar-refractivity contribution in [1.82, 2.24) is 9.88 Å². The average Bonchev–Trinajstić information content (AvgIpc) is 2.85. The molecule has 21 heavy (non-hydrogen) atoms. The summed E-state index contributed by atoms with van der Waals surface area (Å²) in [7, 11) is 0. The summed E-state index contributed by atoms with van der Waals surface area (Å²) in [6, 6.07) is 15.4. The standard InChI is InChI=1S/C19H20N2/c1-3-5-12-20-14-15-10-11-19-17(13-15)16-8-6-7-9-18(16)21(19)4-2/h6-11,13,20H,4,12,14H2,1-2H3. The number of aromatic nitrogens is 1. The molecule has 0 bridgehead atoms. The summed E-state index contributed by atoms with van der Waals surface area (Å²) in [5, 5.41) is 6.03. The summed E-state index contributed by atoms with van der Waals surface area (Å²) in [6.07, 6.45) is 0. The van der Waals surface area contributed by atoms with E-state index in [1.54, 1.807) is 0 Å². The molecule has 1 N–H and O–H groups in total. The second-order valence-corrected chi connectivity index (χ2v) is 5.14. The summed E-state index contributed by atoms with van der Waals surface area (Å²) in [6.45, 7) is 6.66. The molecule has 1 heterocycles. The third-order valence-electron chi connectivity index (χ3n) is 3.87. The van der Waals surface area contributed by atoms with Crippen molar-refractivity contribution in [1.29, 1.82) is 0 Å². The fraction of sp³-hybridized carbons (Fsp3) is 0.263. The molecule has 2 nitrogen and oxygen atoms in total. The lowest BCUT2D eigenvalue weighted by Crippen LogP contribution is -2.12. The van der Waals surface area contributed by atoms with Crippen molar-refractivity contribution in [3.05, 3.63) is 48.0 Å². The highest BCUT2D eigenvalue weighted by molar-refractivity contribution is 6.08. The van der Waals surface area contributed by atoms with Gasteiger partial charge in [-0.25, -0.2) is 0 Å². The smallest absolute Gasteiger partial charge is 0.0578 e. The van der Waals surface area contributed by atoms with Crippen LogP contribution >= 0.6 is 0 Å². The Morgan fingerprint density at radius 2 is 1.86 bits per heavy atom. The van der Waals surface area contributed by atoms with Crippen LogP contribution in [0.2, 0.25) is 0 Å². The molecule has 0 saturated carbocycles. The van der Waals surface area contributed by atoms with Crippen LogP contribution in [0.15, 0.2) is 42.5 Å². The molecule has 0 fully saturated rings. The molecule has 0 spiro atoms. The monoisotopic (exact) mass is 276 g/mol. The first-order chi connectivity index (χ1) is 10.3. The van der Waals surface area contributed by atoms with Gasteiger partial charge >= 0.3 is 0 Å². The first-order valence-electron chi connectivity index (χ1n) is 7.45. The maximum absolute atomic E-state index is 3.36. The van der Waals surface area contributed by atoms with E-state index in [0.717, 1.165) is 19.6 Å². The van der Waals surface area contributed by atoms with Gasteiger partial charge in [0, 0.05) is 34.9 Å². The largest absolute Gasteiger partial charge is 0.341 e. The molecule has 106 valence electrons. The minimum absolute atomic E-state index is 0.741. The average molecular weight is 276 g/mol. The van der Waals surface area contributed by atoms with Gasteiger partial charge in [-0.2, -0.15) is 0 Å². The van der Waals surface area contributed by atoms with Gasteiger partial charge in [-0.3, -0.25) is 0 Å². The summed E-state index contributed by atoms with van der Waals surface area (Å²) in [4.78, 5) is 0. The van der Waals surface area contributed by atoms with Gasteiger partial charge in [-0.15, -0.1) is 5.92 Å². The lowest BCUT2D eigenvalue weighted by Gasteiger charge is -2.04. The Balaban J connectivity index is 2.04. The Bertz CT molecular complexity index is 831. The SMILES string of the molecule is CC#CCNCc1ccc2c(c1)c1ccccc1n2CC. The third kappa shape index (κ3) is 2.53. The fourth-order valence-corrected chi connectivity index (χ4v) is 2.91. The number of aryl methyl sites for hydroxylation is 1. The van der Waals surface area contributed by atoms with E-state index in [1.165, 1.54) is 27.4 Å². The number of benzene rings is 2. The van der Waals surface area contributed by atoms with E-state index in [9.17, 15) is 0 Å². The van der Waals surface area contributed by atoms with Gasteiger partial charge in [0.2, 0.25) is 0 Å². The van der Waals surface area contributed by atoms with Gasteiger partial charge in [0.1, 0.15) is 0 Å². The Hall–Kier alpha value is -2.24. The van der Waals surface area contributed by atoms with Crippen LogP contribution in [0.4, 0.5) is 0 Å². The van der Waals surface area contributed by atoms with Crippen molar-refractivity contribution in [3.63, 3.8) is 0 Å². The maximum Gasteiger partial charge on any atom is 0.0578 e. The molecular weight excluding hydrogens is 256 g/mol. The maximum atomic E-state index is 3.36. The molecule has 3 rings (SSSR count). The number of para-hydroxylation sites is 1. The van der Waals surface area contributed by atoms with Crippen LogP contribution in [0.25, 0.3) is 21.8 Å². The molecule has 1 aromatic heterocycles. The predicted molar refractivity (Wildman–Crippen MR) is 90.3 cm³/mol. The van der Waals surface area contributed by atoms with Crippen molar-refractivity contribution < 1.29 is 0 Å². The van der Waals surface area contributed by atoms with Crippen molar-refractivity contribution in [3.8, 4) is 11.8 Å². The van der Waals surface area contributed by atoms with E-state index in [2.05, 4.69) is 71.1 Å². The van der Waals surface area contributed by atoms with Gasteiger partial charge < -0.3 is 9.88 Å². The molecule has 0 aliphatic rings. The highest BCUT2D eigenvalue weighted by Crippen LogP contribution is 2.29. The second kappa shape index (κ2) is 6.03. The Kier molecular flexibility index (Phi) is 3.94. The second-order valence-electron chi connectivity index (χ2n) is 5.14. The topological polar surface area (TPSA) is 17.0 Å². The number of hydrogen-bond acceptors (Lipinski definition) is 1. The lowest BCUT2D eigenvalue weighted by atomic mass is 10.1. The zero-order valence-electron chi connectivity index (χ0n) is 12.6. The Morgan fingerprint density at radius 1 is 1.05 bits per heavy atom. The number of fused-ring (bicyclic) bond motifs is 3. The van der Waals surface area contributed by atoms with Gasteiger partial charge in [0.25, 0.3) is 0 Å². The van der Waals surface area contributed by atoms with Crippen LogP contribution in [0.3, 0.4) is 0 Å². The van der Waals surface area contributed by atoms with E-state index in [1.807, 2.05) is 6.92 Å². The van der Waals surface area contributed by atoms with E-state index in [4.69, 9.17) is 0 Å². The van der Waals surface area contributed by atoms with Crippen LogP contribution < -0.4 is 5.32 Å². The Morgan fingerprint density at radius 3 is 2.67 bits per heavy atom. The predicted octanol–water partition coefficient (Wildman–Crippen LogP) is 3.93. The lowest BCUT2D eigenvalue weighted by molar-refractivity contribution is 0.770. The van der Waals surface area contributed by atoms with Crippen LogP contribution in [0.5, 0.6) is 0 Å². The quantitative estimate of drug-likeness (QED) is 0.564. The molecule has 0 saturated heterocycles. The zero-order chi connectivity index (χ0) is 14.7. The van der Waals surface area contributed by atoms with Crippen LogP contribution in [0.1, 0.15) is 19.4 Å². The van der Waals surface area contributed by atoms with E-state index < -0.39 is 0 Å². The van der Waals surface area contributed by atoms with Gasteiger partial charge in [0.05, 0.1) is 6.54 Å². The minimum atomic E-state index is 0.741. The molecular formula is C19H20N2. The number of nitrogens with zero attached hydrogens (tertiary/aromatic N) is 1. The van der Waals surface area contributed by atoms with Crippen molar-refractivity contribution in [2.24, 2.45) is 0 Å². The van der Waals surface area contributed by atoms with Crippen molar-refractivity contribution >= 4 is 21.8 Å². The summed E-state index contributed by atoms with van der Waals surface area (Å²) >= 11 is 0. The van der Waals surface area contributed by atoms with Crippen LogP contribution in [0, 0.1) is 11.8 Å². The highest BCUT2D eigenvalue weighted by Gasteiger charge is 2.09. The first-order valence-corrected chi connectivity index (χ1v) is 7.45. The third-order valence-corrected chi connectivity index (χ3v) is 3.87. The normalized spacial score (nSPS) is 10.8.